The average molecular weight is 356 g/mol. The topological polar surface area (TPSA) is 23.5 Å². The van der Waals surface area contributed by atoms with Crippen molar-refractivity contribution >= 4 is 0 Å². The van der Waals surface area contributed by atoms with Gasteiger partial charge < -0.3 is 10.0 Å². The van der Waals surface area contributed by atoms with Crippen LogP contribution in [0.3, 0.4) is 0 Å². The molecule has 0 aromatic heterocycles. The third kappa shape index (κ3) is 20.1. The second-order valence-corrected chi connectivity index (χ2v) is 8.10. The first kappa shape index (κ1) is 24.9. The minimum atomic E-state index is -0.192. The normalized spacial score (nSPS) is 12.8. The Labute approximate surface area is 159 Å². The van der Waals surface area contributed by atoms with Gasteiger partial charge in [-0.2, -0.15) is 0 Å². The van der Waals surface area contributed by atoms with Gasteiger partial charge in [-0.3, -0.25) is 0 Å². The van der Waals surface area contributed by atoms with Crippen molar-refractivity contribution in [2.45, 2.75) is 130 Å². The number of aliphatic hydroxyl groups is 1. The van der Waals surface area contributed by atoms with Gasteiger partial charge in [-0.1, -0.05) is 104 Å². The van der Waals surface area contributed by atoms with E-state index in [4.69, 9.17) is 0 Å². The maximum Gasteiger partial charge on any atom is 0.0639 e. The molecule has 152 valence electrons. The van der Waals surface area contributed by atoms with Gasteiger partial charge in [-0.05, 0) is 32.9 Å². The highest BCUT2D eigenvalue weighted by Gasteiger charge is 2.07. The first-order valence-electron chi connectivity index (χ1n) is 11.6. The van der Waals surface area contributed by atoms with Crippen LogP contribution in [0.15, 0.2) is 0 Å². The van der Waals surface area contributed by atoms with Gasteiger partial charge in [0.25, 0.3) is 0 Å². The largest absolute Gasteiger partial charge is 0.392 e. The predicted molar refractivity (Wildman–Crippen MR) is 113 cm³/mol. The molecule has 2 nitrogen and oxygen atoms in total. The Morgan fingerprint density at radius 3 is 1.20 bits per heavy atom. The maximum atomic E-state index is 9.73. The highest BCUT2D eigenvalue weighted by Crippen LogP contribution is 2.11. The molecule has 2 heteroatoms. The molecule has 0 aliphatic rings. The lowest BCUT2D eigenvalue weighted by atomic mass is 10.1. The zero-order valence-electron chi connectivity index (χ0n) is 17.9. The Morgan fingerprint density at radius 2 is 0.880 bits per heavy atom. The van der Waals surface area contributed by atoms with E-state index in [1.807, 2.05) is 6.92 Å². The van der Waals surface area contributed by atoms with Crippen molar-refractivity contribution in [2.24, 2.45) is 0 Å². The van der Waals surface area contributed by atoms with Crippen LogP contribution in [0.4, 0.5) is 0 Å². The number of hydrogen-bond donors (Lipinski definition) is 1. The fraction of sp³-hybridized carbons (Fsp3) is 1.00. The molecule has 0 amide bonds. The summed E-state index contributed by atoms with van der Waals surface area (Å²) < 4.78 is 0. The van der Waals surface area contributed by atoms with Crippen LogP contribution >= 0.6 is 0 Å². The molecule has 0 spiro atoms. The molecule has 1 N–H and O–H groups in total. The van der Waals surface area contributed by atoms with Gasteiger partial charge in [0.2, 0.25) is 0 Å². The van der Waals surface area contributed by atoms with Crippen molar-refractivity contribution in [3.8, 4) is 0 Å². The van der Waals surface area contributed by atoms with E-state index in [1.54, 1.807) is 0 Å². The molecule has 0 aliphatic carbocycles. The van der Waals surface area contributed by atoms with Crippen molar-refractivity contribution in [1.29, 1.82) is 0 Å². The average Bonchev–Trinajstić information content (AvgIpc) is 2.58. The minimum absolute atomic E-state index is 0.192. The number of unbranched alkanes of at least 4 members (excludes halogenated alkanes) is 14. The van der Waals surface area contributed by atoms with Crippen LogP contribution in [0.1, 0.15) is 124 Å². The molecular weight excluding hydrogens is 306 g/mol. The zero-order chi connectivity index (χ0) is 18.6. The number of nitrogens with zero attached hydrogens (tertiary/aromatic N) is 1. The summed E-state index contributed by atoms with van der Waals surface area (Å²) in [6.07, 6.45) is 21.9. The summed E-state index contributed by atoms with van der Waals surface area (Å²) in [5.74, 6) is 0. The smallest absolute Gasteiger partial charge is 0.0639 e. The van der Waals surface area contributed by atoms with Gasteiger partial charge >= 0.3 is 0 Å². The first-order valence-corrected chi connectivity index (χ1v) is 11.6. The second-order valence-electron chi connectivity index (χ2n) is 8.10. The Hall–Kier alpha value is -0.0800. The van der Waals surface area contributed by atoms with Crippen molar-refractivity contribution in [3.63, 3.8) is 0 Å². The van der Waals surface area contributed by atoms with Gasteiger partial charge in [0.05, 0.1) is 6.10 Å². The van der Waals surface area contributed by atoms with Crippen LogP contribution in [0, 0.1) is 0 Å². The van der Waals surface area contributed by atoms with Gasteiger partial charge in [-0.15, -0.1) is 0 Å². The van der Waals surface area contributed by atoms with E-state index in [1.165, 1.54) is 116 Å². The first-order chi connectivity index (χ1) is 12.2. The molecule has 0 bridgehead atoms. The van der Waals surface area contributed by atoms with Gasteiger partial charge in [-0.25, -0.2) is 0 Å². The molecule has 1 unspecified atom stereocenters. The second kappa shape index (κ2) is 20.2. The summed E-state index contributed by atoms with van der Waals surface area (Å²) in [6, 6.07) is 0. The summed E-state index contributed by atoms with van der Waals surface area (Å²) in [4.78, 5) is 2.50. The number of hydrogen-bond acceptors (Lipinski definition) is 2. The van der Waals surface area contributed by atoms with E-state index in [2.05, 4.69) is 18.7 Å². The summed E-state index contributed by atoms with van der Waals surface area (Å²) in [5, 5.41) is 9.73. The Balaban J connectivity index is 3.58. The van der Waals surface area contributed by atoms with Crippen LogP contribution < -0.4 is 0 Å². The molecule has 0 aromatic carbocycles. The van der Waals surface area contributed by atoms with Crippen molar-refractivity contribution in [2.75, 3.05) is 19.6 Å². The van der Waals surface area contributed by atoms with E-state index in [9.17, 15) is 5.11 Å². The third-order valence-electron chi connectivity index (χ3n) is 5.18. The predicted octanol–water partition coefficient (Wildman–Crippen LogP) is 6.95. The van der Waals surface area contributed by atoms with Crippen LogP contribution in [-0.2, 0) is 0 Å². The number of rotatable bonds is 20. The van der Waals surface area contributed by atoms with E-state index in [0.29, 0.717) is 0 Å². The molecule has 0 fully saturated rings. The lowest BCUT2D eigenvalue weighted by Gasteiger charge is -2.23. The van der Waals surface area contributed by atoms with Crippen LogP contribution in [0.2, 0.25) is 0 Å². The third-order valence-corrected chi connectivity index (χ3v) is 5.18. The molecule has 0 saturated heterocycles. The van der Waals surface area contributed by atoms with Gasteiger partial charge in [0.1, 0.15) is 0 Å². The van der Waals surface area contributed by atoms with Crippen LogP contribution in [-0.4, -0.2) is 35.7 Å². The minimum Gasteiger partial charge on any atom is -0.392 e. The molecule has 0 rings (SSSR count). The summed E-state index contributed by atoms with van der Waals surface area (Å²) >= 11 is 0. The molecule has 0 radical (unpaired) electrons. The Bertz CT molecular complexity index is 222. The molecular formula is C23H49NO. The zero-order valence-corrected chi connectivity index (χ0v) is 17.9. The van der Waals surface area contributed by atoms with E-state index in [-0.39, 0.29) is 6.10 Å². The lowest BCUT2D eigenvalue weighted by molar-refractivity contribution is 0.123. The van der Waals surface area contributed by atoms with E-state index < -0.39 is 0 Å². The molecule has 0 saturated carbocycles. The maximum absolute atomic E-state index is 9.73. The SMILES string of the molecule is CCCCCCCCCCN(CCCCCCCCCC)CC(C)O. The summed E-state index contributed by atoms with van der Waals surface area (Å²) in [5.41, 5.74) is 0. The highest BCUT2D eigenvalue weighted by molar-refractivity contribution is 4.62. The molecule has 0 heterocycles. The molecule has 0 aliphatic heterocycles. The highest BCUT2D eigenvalue weighted by atomic mass is 16.3. The Morgan fingerprint density at radius 1 is 0.560 bits per heavy atom. The van der Waals surface area contributed by atoms with Crippen molar-refractivity contribution in [1.82, 2.24) is 4.90 Å². The van der Waals surface area contributed by atoms with Gasteiger partial charge in [0, 0.05) is 6.54 Å². The van der Waals surface area contributed by atoms with Crippen molar-refractivity contribution < 1.29 is 5.11 Å². The fourth-order valence-corrected chi connectivity index (χ4v) is 3.61. The molecule has 25 heavy (non-hydrogen) atoms. The summed E-state index contributed by atoms with van der Waals surface area (Å²) in [6.45, 7) is 9.70. The lowest BCUT2D eigenvalue weighted by Crippen LogP contribution is -2.32. The Kier molecular flexibility index (Phi) is 20.2. The number of aliphatic hydroxyl groups excluding tert-OH is 1. The standard InChI is InChI=1S/C23H49NO/c1-4-6-8-10-12-14-16-18-20-24(22-23(3)25)21-19-17-15-13-11-9-7-5-2/h23,25H,4-22H2,1-3H3. The van der Waals surface area contributed by atoms with E-state index >= 15 is 0 Å². The fourth-order valence-electron chi connectivity index (χ4n) is 3.61. The van der Waals surface area contributed by atoms with Gasteiger partial charge in [0.15, 0.2) is 0 Å². The van der Waals surface area contributed by atoms with E-state index in [0.717, 1.165) is 6.54 Å². The molecule has 0 aromatic rings. The summed E-state index contributed by atoms with van der Waals surface area (Å²) in [7, 11) is 0. The van der Waals surface area contributed by atoms with Crippen LogP contribution in [0.25, 0.3) is 0 Å². The van der Waals surface area contributed by atoms with Crippen molar-refractivity contribution in [3.05, 3.63) is 0 Å². The quantitative estimate of drug-likeness (QED) is 0.239. The van der Waals surface area contributed by atoms with Crippen LogP contribution in [0.5, 0.6) is 0 Å². The molecule has 1 atom stereocenters. The monoisotopic (exact) mass is 355 g/mol.